The fourth-order valence-electron chi connectivity index (χ4n) is 5.18. The number of hydrogen-bond donors (Lipinski definition) is 1. The van der Waals surface area contributed by atoms with Gasteiger partial charge in [-0.1, -0.05) is 56.0 Å². The smallest absolute Gasteiger partial charge is 0.316 e. The molecule has 0 bridgehead atoms. The number of fused-ring (bicyclic) bond motifs is 1. The van der Waals surface area contributed by atoms with Crippen molar-refractivity contribution in [1.29, 1.82) is 0 Å². The minimum absolute atomic E-state index is 0.0635. The molecule has 0 aromatic heterocycles. The first-order valence-corrected chi connectivity index (χ1v) is 9.88. The molecule has 3 fully saturated rings. The molecule has 1 aromatic carbocycles. The topological polar surface area (TPSA) is 42.9 Å². The summed E-state index contributed by atoms with van der Waals surface area (Å²) in [7, 11) is 0. The Hall–Kier alpha value is -1.35. The third-order valence-corrected chi connectivity index (χ3v) is 6.72. The Balaban J connectivity index is 1.53. The van der Waals surface area contributed by atoms with Crippen molar-refractivity contribution in [1.82, 2.24) is 0 Å². The van der Waals surface area contributed by atoms with Crippen molar-refractivity contribution in [2.75, 3.05) is 13.1 Å². The normalized spacial score (nSPS) is 32.1. The molecule has 3 unspecified atom stereocenters. The predicted molar refractivity (Wildman–Crippen MR) is 93.6 cm³/mol. The Morgan fingerprint density at radius 1 is 1.08 bits per heavy atom. The summed E-state index contributed by atoms with van der Waals surface area (Å²) >= 11 is 0. The first kappa shape index (κ1) is 16.1. The van der Waals surface area contributed by atoms with Crippen molar-refractivity contribution in [3.63, 3.8) is 0 Å². The Bertz CT molecular complexity index is 562. The number of esters is 1. The summed E-state index contributed by atoms with van der Waals surface area (Å²) in [5, 5.41) is 2.41. The summed E-state index contributed by atoms with van der Waals surface area (Å²) in [5.41, 5.74) is 0.772. The van der Waals surface area contributed by atoms with Crippen LogP contribution in [0.1, 0.15) is 56.9 Å². The maximum absolute atomic E-state index is 13.3. The monoisotopic (exact) mass is 328 g/mol. The van der Waals surface area contributed by atoms with E-state index < -0.39 is 5.41 Å². The number of carbonyl (C=O) groups is 1. The molecule has 130 valence electrons. The second-order valence-corrected chi connectivity index (χ2v) is 8.07. The summed E-state index contributed by atoms with van der Waals surface area (Å²) in [6.45, 7) is 2.42. The van der Waals surface area contributed by atoms with E-state index in [-0.39, 0.29) is 12.1 Å². The van der Waals surface area contributed by atoms with Gasteiger partial charge in [0.1, 0.15) is 6.10 Å². The largest absolute Gasteiger partial charge is 0.461 e. The van der Waals surface area contributed by atoms with E-state index in [2.05, 4.69) is 29.6 Å². The maximum Gasteiger partial charge on any atom is 0.316 e. The third-order valence-electron chi connectivity index (χ3n) is 6.72. The molecule has 0 radical (unpaired) electrons. The second kappa shape index (κ2) is 6.87. The third kappa shape index (κ3) is 2.88. The highest BCUT2D eigenvalue weighted by molar-refractivity contribution is 5.83. The van der Waals surface area contributed by atoms with Crippen LogP contribution in [0, 0.1) is 11.8 Å². The van der Waals surface area contributed by atoms with Crippen molar-refractivity contribution in [3.05, 3.63) is 35.9 Å². The van der Waals surface area contributed by atoms with Gasteiger partial charge in [0.2, 0.25) is 0 Å². The lowest BCUT2D eigenvalue weighted by molar-refractivity contribution is -0.676. The zero-order chi connectivity index (χ0) is 16.4. The molecule has 1 aromatic rings. The van der Waals surface area contributed by atoms with Crippen LogP contribution in [0.3, 0.4) is 0 Å². The van der Waals surface area contributed by atoms with E-state index in [0.29, 0.717) is 5.92 Å². The molecule has 0 amide bonds. The van der Waals surface area contributed by atoms with Crippen molar-refractivity contribution in [2.45, 2.75) is 62.9 Å². The molecule has 3 nitrogen and oxygen atoms in total. The van der Waals surface area contributed by atoms with Gasteiger partial charge in [-0.15, -0.1) is 0 Å². The van der Waals surface area contributed by atoms with Crippen LogP contribution in [-0.4, -0.2) is 25.2 Å². The number of quaternary nitrogens is 1. The van der Waals surface area contributed by atoms with Crippen LogP contribution in [0.25, 0.3) is 0 Å². The second-order valence-electron chi connectivity index (χ2n) is 8.07. The zero-order valence-electron chi connectivity index (χ0n) is 14.6. The molecule has 3 heteroatoms. The van der Waals surface area contributed by atoms with Gasteiger partial charge in [-0.05, 0) is 24.8 Å². The quantitative estimate of drug-likeness (QED) is 0.685. The number of carbonyl (C=O) groups excluding carboxylic acids is 1. The van der Waals surface area contributed by atoms with Crippen LogP contribution in [0.15, 0.2) is 30.3 Å². The van der Waals surface area contributed by atoms with Crippen molar-refractivity contribution < 1.29 is 14.8 Å². The summed E-state index contributed by atoms with van der Waals surface area (Å²) < 4.78 is 6.16. The zero-order valence-corrected chi connectivity index (χ0v) is 14.6. The van der Waals surface area contributed by atoms with Gasteiger partial charge in [-0.2, -0.15) is 0 Å². The molecule has 2 aliphatic carbocycles. The molecule has 24 heavy (non-hydrogen) atoms. The average molecular weight is 328 g/mol. The Morgan fingerprint density at radius 3 is 2.54 bits per heavy atom. The molecule has 2 N–H and O–H groups in total. The molecule has 1 heterocycles. The molecule has 1 saturated heterocycles. The van der Waals surface area contributed by atoms with Gasteiger partial charge in [-0.3, -0.25) is 4.79 Å². The van der Waals surface area contributed by atoms with Crippen LogP contribution in [0.2, 0.25) is 0 Å². The Kier molecular flexibility index (Phi) is 4.62. The Labute approximate surface area is 145 Å². The standard InChI is InChI=1S/C21H29NO2/c23-20(24-19-14-16-15-22-13-10-18(16)19)21(11-6-1-2-7-12-21)17-8-4-3-5-9-17/h3-5,8-9,16,18-19,22H,1-2,6-7,10-15H2/p+1. The van der Waals surface area contributed by atoms with Crippen LogP contribution in [0.4, 0.5) is 0 Å². The van der Waals surface area contributed by atoms with Gasteiger partial charge in [-0.25, -0.2) is 0 Å². The van der Waals surface area contributed by atoms with E-state index in [9.17, 15) is 4.79 Å². The highest BCUT2D eigenvalue weighted by Gasteiger charge is 2.49. The minimum Gasteiger partial charge on any atom is -0.461 e. The van der Waals surface area contributed by atoms with Crippen molar-refractivity contribution in [2.24, 2.45) is 11.8 Å². The lowest BCUT2D eigenvalue weighted by atomic mass is 9.67. The molecular formula is C21H30NO2+. The number of hydrogen-bond acceptors (Lipinski definition) is 2. The lowest BCUT2D eigenvalue weighted by Gasteiger charge is -2.46. The van der Waals surface area contributed by atoms with Gasteiger partial charge >= 0.3 is 5.97 Å². The molecule has 3 aliphatic rings. The summed E-state index contributed by atoms with van der Waals surface area (Å²) in [4.78, 5) is 13.3. The van der Waals surface area contributed by atoms with Gasteiger partial charge < -0.3 is 10.1 Å². The predicted octanol–water partition coefficient (Wildman–Crippen LogP) is 2.79. The van der Waals surface area contributed by atoms with Crippen LogP contribution in [-0.2, 0) is 14.9 Å². The van der Waals surface area contributed by atoms with Gasteiger partial charge in [0, 0.05) is 18.3 Å². The maximum atomic E-state index is 13.3. The average Bonchev–Trinajstić information content (AvgIpc) is 2.87. The molecule has 3 atom stereocenters. The van der Waals surface area contributed by atoms with Gasteiger partial charge in [0.15, 0.2) is 0 Å². The van der Waals surface area contributed by atoms with Crippen molar-refractivity contribution >= 4 is 5.97 Å². The molecule has 4 rings (SSSR count). The lowest BCUT2D eigenvalue weighted by Crippen LogP contribution is -2.89. The highest BCUT2D eigenvalue weighted by atomic mass is 16.5. The van der Waals surface area contributed by atoms with E-state index in [0.717, 1.165) is 38.0 Å². The van der Waals surface area contributed by atoms with Crippen LogP contribution in [0.5, 0.6) is 0 Å². The number of piperidine rings is 1. The fraction of sp³-hybridized carbons (Fsp3) is 0.667. The number of ether oxygens (including phenoxy) is 1. The first-order chi connectivity index (χ1) is 11.8. The molecular weight excluding hydrogens is 298 g/mol. The number of rotatable bonds is 3. The van der Waals surface area contributed by atoms with E-state index in [1.54, 1.807) is 0 Å². The number of nitrogens with two attached hydrogens (primary N) is 1. The minimum atomic E-state index is -0.399. The first-order valence-electron chi connectivity index (χ1n) is 9.88. The molecule has 1 aliphatic heterocycles. The van der Waals surface area contributed by atoms with E-state index in [4.69, 9.17) is 4.74 Å². The summed E-state index contributed by atoms with van der Waals surface area (Å²) in [5.74, 6) is 1.46. The summed E-state index contributed by atoms with van der Waals surface area (Å²) in [6.07, 6.45) is 9.12. The van der Waals surface area contributed by atoms with E-state index >= 15 is 0 Å². The van der Waals surface area contributed by atoms with E-state index in [1.165, 1.54) is 37.9 Å². The van der Waals surface area contributed by atoms with Crippen LogP contribution < -0.4 is 5.32 Å². The van der Waals surface area contributed by atoms with E-state index in [1.807, 2.05) is 6.07 Å². The van der Waals surface area contributed by atoms with Crippen molar-refractivity contribution in [3.8, 4) is 0 Å². The molecule has 0 spiro atoms. The molecule has 2 saturated carbocycles. The van der Waals surface area contributed by atoms with Gasteiger partial charge in [0.05, 0.1) is 18.5 Å². The number of benzene rings is 1. The van der Waals surface area contributed by atoms with Gasteiger partial charge in [0.25, 0.3) is 0 Å². The highest BCUT2D eigenvalue weighted by Crippen LogP contribution is 2.44. The fourth-order valence-corrected chi connectivity index (χ4v) is 5.18. The summed E-state index contributed by atoms with van der Waals surface area (Å²) in [6, 6.07) is 10.4. The Morgan fingerprint density at radius 2 is 1.83 bits per heavy atom. The van der Waals surface area contributed by atoms with Crippen LogP contribution >= 0.6 is 0 Å². The SMILES string of the molecule is O=C(OC1CC2C[NH2+]CCC21)C1(c2ccccc2)CCCCCC1.